The first-order valence-corrected chi connectivity index (χ1v) is 9.29. The van der Waals surface area contributed by atoms with E-state index >= 15 is 0 Å². The van der Waals surface area contributed by atoms with Gasteiger partial charge in [-0.05, 0) is 77.0 Å². The van der Waals surface area contributed by atoms with Crippen molar-refractivity contribution in [1.29, 1.82) is 0 Å². The zero-order valence-corrected chi connectivity index (χ0v) is 16.7. The maximum Gasteiger partial charge on any atom is 0.0602 e. The molecule has 0 aliphatic rings. The summed E-state index contributed by atoms with van der Waals surface area (Å²) >= 11 is 18.3. The molecule has 2 aromatic rings. The van der Waals surface area contributed by atoms with Gasteiger partial charge in [0.25, 0.3) is 0 Å². The molecule has 1 atom stereocenters. The molecule has 0 bridgehead atoms. The van der Waals surface area contributed by atoms with Gasteiger partial charge in [-0.3, -0.25) is 0 Å². The molecule has 2 aromatic carbocycles. The van der Waals surface area contributed by atoms with Crippen LogP contribution in [0.1, 0.15) is 30.5 Å². The van der Waals surface area contributed by atoms with Crippen molar-refractivity contribution in [2.75, 3.05) is 6.54 Å². The molecule has 1 N–H and O–H groups in total. The largest absolute Gasteiger partial charge is 0.306 e. The van der Waals surface area contributed by atoms with Crippen LogP contribution in [0.3, 0.4) is 0 Å². The molecule has 0 fully saturated rings. The molecule has 1 nitrogen and oxygen atoms in total. The second kappa shape index (κ2) is 8.16. The highest BCUT2D eigenvalue weighted by Gasteiger charge is 2.19. The Hall–Kier alpha value is 0.190. The average molecular weight is 499 g/mol. The van der Waals surface area contributed by atoms with E-state index < -0.39 is 0 Å². The summed E-state index contributed by atoms with van der Waals surface area (Å²) in [7, 11) is 0. The van der Waals surface area contributed by atoms with Crippen LogP contribution < -0.4 is 5.32 Å². The molecule has 112 valence electrons. The average Bonchev–Trinajstić information content (AvgIpc) is 2.44. The maximum atomic E-state index is 6.41. The molecule has 0 amide bonds. The SMILES string of the molecule is CCCNC(c1ccc(Cl)cc1Cl)c1cc(Br)ccc1I. The van der Waals surface area contributed by atoms with Crippen molar-refractivity contribution in [3.63, 3.8) is 0 Å². The van der Waals surface area contributed by atoms with Crippen LogP contribution in [0.2, 0.25) is 10.0 Å². The monoisotopic (exact) mass is 497 g/mol. The fourth-order valence-electron chi connectivity index (χ4n) is 2.15. The number of hydrogen-bond donors (Lipinski definition) is 1. The van der Waals surface area contributed by atoms with Crippen LogP contribution in [-0.4, -0.2) is 6.54 Å². The van der Waals surface area contributed by atoms with Crippen molar-refractivity contribution >= 4 is 61.7 Å². The predicted octanol–water partition coefficient (Wildman–Crippen LogP) is 6.45. The molecule has 1 unspecified atom stereocenters. The van der Waals surface area contributed by atoms with E-state index in [1.807, 2.05) is 18.2 Å². The van der Waals surface area contributed by atoms with E-state index in [2.05, 4.69) is 62.9 Å². The molecular weight excluding hydrogens is 484 g/mol. The van der Waals surface area contributed by atoms with Crippen molar-refractivity contribution in [3.05, 3.63) is 65.6 Å². The number of nitrogens with one attached hydrogen (secondary N) is 1. The Kier molecular flexibility index (Phi) is 6.81. The molecule has 0 saturated carbocycles. The van der Waals surface area contributed by atoms with Gasteiger partial charge >= 0.3 is 0 Å². The first-order chi connectivity index (χ1) is 10.0. The topological polar surface area (TPSA) is 12.0 Å². The van der Waals surface area contributed by atoms with Gasteiger partial charge in [-0.1, -0.05) is 52.1 Å². The number of rotatable bonds is 5. The quantitative estimate of drug-likeness (QED) is 0.467. The lowest BCUT2D eigenvalue weighted by Gasteiger charge is -2.22. The fourth-order valence-corrected chi connectivity index (χ4v) is 3.69. The molecule has 0 radical (unpaired) electrons. The van der Waals surface area contributed by atoms with Gasteiger partial charge in [0, 0.05) is 18.1 Å². The Morgan fingerprint density at radius 1 is 1.14 bits per heavy atom. The summed E-state index contributed by atoms with van der Waals surface area (Å²) in [5.41, 5.74) is 2.26. The third-order valence-electron chi connectivity index (χ3n) is 3.14. The lowest BCUT2D eigenvalue weighted by molar-refractivity contribution is 0.596. The molecule has 0 saturated heterocycles. The molecule has 21 heavy (non-hydrogen) atoms. The maximum absolute atomic E-state index is 6.41. The van der Waals surface area contributed by atoms with Gasteiger partial charge in [-0.15, -0.1) is 0 Å². The number of benzene rings is 2. The first kappa shape index (κ1) is 17.5. The third-order valence-corrected chi connectivity index (χ3v) is 5.18. The molecule has 0 aliphatic heterocycles. The van der Waals surface area contributed by atoms with Crippen LogP contribution in [0.4, 0.5) is 0 Å². The Morgan fingerprint density at radius 3 is 2.57 bits per heavy atom. The van der Waals surface area contributed by atoms with Crippen LogP contribution in [0.25, 0.3) is 0 Å². The van der Waals surface area contributed by atoms with Gasteiger partial charge in [0.15, 0.2) is 0 Å². The van der Waals surface area contributed by atoms with Crippen LogP contribution >= 0.6 is 61.7 Å². The highest BCUT2D eigenvalue weighted by molar-refractivity contribution is 14.1. The molecule has 0 aliphatic carbocycles. The van der Waals surface area contributed by atoms with Gasteiger partial charge in [0.1, 0.15) is 0 Å². The number of hydrogen-bond acceptors (Lipinski definition) is 1. The first-order valence-electron chi connectivity index (χ1n) is 6.66. The Balaban J connectivity index is 2.49. The molecular formula is C16H15BrCl2IN. The molecule has 2 rings (SSSR count). The van der Waals surface area contributed by atoms with Gasteiger partial charge < -0.3 is 5.32 Å². The van der Waals surface area contributed by atoms with Crippen molar-refractivity contribution in [1.82, 2.24) is 5.32 Å². The van der Waals surface area contributed by atoms with E-state index in [9.17, 15) is 0 Å². The molecule has 0 spiro atoms. The van der Waals surface area contributed by atoms with Gasteiger partial charge in [-0.25, -0.2) is 0 Å². The van der Waals surface area contributed by atoms with E-state index in [4.69, 9.17) is 23.2 Å². The van der Waals surface area contributed by atoms with Crippen molar-refractivity contribution in [2.24, 2.45) is 0 Å². The summed E-state index contributed by atoms with van der Waals surface area (Å²) in [5.74, 6) is 0. The zero-order valence-electron chi connectivity index (χ0n) is 11.5. The summed E-state index contributed by atoms with van der Waals surface area (Å²) in [6.45, 7) is 3.08. The molecule has 0 heterocycles. The zero-order chi connectivity index (χ0) is 15.4. The van der Waals surface area contributed by atoms with Gasteiger partial charge in [-0.2, -0.15) is 0 Å². The third kappa shape index (κ3) is 4.58. The predicted molar refractivity (Wildman–Crippen MR) is 103 cm³/mol. The minimum Gasteiger partial charge on any atom is -0.306 e. The van der Waals surface area contributed by atoms with Crippen LogP contribution in [-0.2, 0) is 0 Å². The lowest BCUT2D eigenvalue weighted by atomic mass is 9.98. The minimum atomic E-state index is 0.0547. The fraction of sp³-hybridized carbons (Fsp3) is 0.250. The second-order valence-electron chi connectivity index (χ2n) is 4.72. The van der Waals surface area contributed by atoms with Crippen LogP contribution in [0.5, 0.6) is 0 Å². The Labute approximate surface area is 157 Å². The van der Waals surface area contributed by atoms with Crippen molar-refractivity contribution in [2.45, 2.75) is 19.4 Å². The summed E-state index contributed by atoms with van der Waals surface area (Å²) < 4.78 is 2.27. The standard InChI is InChI=1S/C16H15BrCl2IN/c1-2-7-21-16(12-5-4-11(18)9-14(12)19)13-8-10(17)3-6-15(13)20/h3-6,8-9,16,21H,2,7H2,1H3. The number of halogens is 4. The second-order valence-corrected chi connectivity index (χ2v) is 7.64. The van der Waals surface area contributed by atoms with Crippen LogP contribution in [0, 0.1) is 3.57 Å². The molecule has 5 heteroatoms. The van der Waals surface area contributed by atoms with E-state index in [0.717, 1.165) is 23.0 Å². The summed E-state index contributed by atoms with van der Waals surface area (Å²) in [4.78, 5) is 0. The van der Waals surface area contributed by atoms with E-state index in [1.54, 1.807) is 6.07 Å². The highest BCUT2D eigenvalue weighted by Crippen LogP contribution is 2.33. The van der Waals surface area contributed by atoms with E-state index in [-0.39, 0.29) is 6.04 Å². The Bertz CT molecular complexity index is 634. The normalized spacial score (nSPS) is 12.4. The van der Waals surface area contributed by atoms with Crippen molar-refractivity contribution < 1.29 is 0 Å². The van der Waals surface area contributed by atoms with E-state index in [0.29, 0.717) is 10.0 Å². The Morgan fingerprint density at radius 2 is 1.90 bits per heavy atom. The lowest BCUT2D eigenvalue weighted by Crippen LogP contribution is -2.24. The van der Waals surface area contributed by atoms with Gasteiger partial charge in [0.05, 0.1) is 6.04 Å². The summed E-state index contributed by atoms with van der Waals surface area (Å²) in [6.07, 6.45) is 1.06. The van der Waals surface area contributed by atoms with Crippen molar-refractivity contribution in [3.8, 4) is 0 Å². The van der Waals surface area contributed by atoms with Gasteiger partial charge in [0.2, 0.25) is 0 Å². The van der Waals surface area contributed by atoms with E-state index in [1.165, 1.54) is 9.13 Å². The van der Waals surface area contributed by atoms with Crippen LogP contribution in [0.15, 0.2) is 40.9 Å². The smallest absolute Gasteiger partial charge is 0.0602 e. The molecule has 0 aromatic heterocycles. The summed E-state index contributed by atoms with van der Waals surface area (Å²) in [5, 5.41) is 4.92. The summed E-state index contributed by atoms with van der Waals surface area (Å²) in [6, 6.07) is 12.0. The highest BCUT2D eigenvalue weighted by atomic mass is 127. The minimum absolute atomic E-state index is 0.0547.